The number of fused-ring (bicyclic) bond motifs is 1. The van der Waals surface area contributed by atoms with Gasteiger partial charge in [0.05, 0.1) is 17.6 Å². The quantitative estimate of drug-likeness (QED) is 0.348. The van der Waals surface area contributed by atoms with Crippen molar-refractivity contribution in [1.82, 2.24) is 20.2 Å². The van der Waals surface area contributed by atoms with Crippen LogP contribution in [0.4, 0.5) is 0 Å². The van der Waals surface area contributed by atoms with Crippen molar-refractivity contribution >= 4 is 28.8 Å². The number of nitrogens with one attached hydrogen (secondary N) is 2. The molecule has 3 amide bonds. The van der Waals surface area contributed by atoms with Crippen LogP contribution in [-0.4, -0.2) is 45.2 Å². The van der Waals surface area contributed by atoms with E-state index in [-0.39, 0.29) is 43.6 Å². The van der Waals surface area contributed by atoms with Crippen LogP contribution in [0.3, 0.4) is 0 Å². The highest BCUT2D eigenvalue weighted by atomic mass is 16.5. The summed E-state index contributed by atoms with van der Waals surface area (Å²) in [7, 11) is 0. The second-order valence-corrected chi connectivity index (χ2v) is 7.04. The number of aromatic amines is 1. The highest BCUT2D eigenvalue weighted by Crippen LogP contribution is 2.30. The molecule has 2 aliphatic heterocycles. The van der Waals surface area contributed by atoms with Crippen LogP contribution in [0.5, 0.6) is 0 Å². The molecule has 0 bridgehead atoms. The number of carbonyl (C=O) groups excluding carboxylic acids is 3. The minimum Gasteiger partial charge on any atom is -0.477 e. The fraction of sp³-hybridized carbons (Fsp3) is 0.273. The number of carbonyl (C=O) groups is 3. The van der Waals surface area contributed by atoms with Gasteiger partial charge in [0.2, 0.25) is 11.8 Å². The lowest BCUT2D eigenvalue weighted by atomic mass is 10.0. The molecule has 2 aromatic rings. The van der Waals surface area contributed by atoms with Crippen LogP contribution < -0.4 is 5.32 Å². The van der Waals surface area contributed by atoms with Crippen LogP contribution >= 0.6 is 0 Å². The lowest BCUT2D eigenvalue weighted by Gasteiger charge is -2.28. The molecule has 152 valence electrons. The normalized spacial score (nSPS) is 22.4. The summed E-state index contributed by atoms with van der Waals surface area (Å²) in [5.74, 6) is 2.25. The number of likely N-dealkylation sites (tertiary alicyclic amines) is 1. The average molecular weight is 404 g/mol. The van der Waals surface area contributed by atoms with Crippen molar-refractivity contribution < 1.29 is 19.1 Å². The molecule has 1 aromatic carbocycles. The summed E-state index contributed by atoms with van der Waals surface area (Å²) in [4.78, 5) is 45.6. The summed E-state index contributed by atoms with van der Waals surface area (Å²) in [5, 5.41) is 2.29. The third-order valence-electron chi connectivity index (χ3n) is 5.22. The molecule has 1 aromatic heterocycles. The Morgan fingerprint density at radius 1 is 1.37 bits per heavy atom. The minimum absolute atomic E-state index is 0.112. The molecule has 2 saturated heterocycles. The van der Waals surface area contributed by atoms with E-state index in [1.807, 2.05) is 24.3 Å². The van der Waals surface area contributed by atoms with Crippen molar-refractivity contribution in [2.45, 2.75) is 32.4 Å². The van der Waals surface area contributed by atoms with Crippen molar-refractivity contribution in [2.75, 3.05) is 6.54 Å². The molecular formula is C22H20N4O4. The molecule has 8 heteroatoms. The maximum absolute atomic E-state index is 12.9. The number of H-pyrrole nitrogens is 1. The zero-order chi connectivity index (χ0) is 21.3. The van der Waals surface area contributed by atoms with Crippen LogP contribution in [0.15, 0.2) is 47.2 Å². The van der Waals surface area contributed by atoms with Gasteiger partial charge in [0.1, 0.15) is 18.5 Å². The smallest absolute Gasteiger partial charge is 0.255 e. The third kappa shape index (κ3) is 3.46. The zero-order valence-corrected chi connectivity index (χ0v) is 16.4. The molecular weight excluding hydrogens is 384 g/mol. The number of para-hydroxylation sites is 2. The molecule has 4 rings (SSSR count). The third-order valence-corrected chi connectivity index (χ3v) is 5.22. The Labute approximate surface area is 173 Å². The molecule has 8 nitrogen and oxygen atoms in total. The van der Waals surface area contributed by atoms with Gasteiger partial charge in [-0.15, -0.1) is 6.42 Å². The average Bonchev–Trinajstić information content (AvgIpc) is 3.29. The summed E-state index contributed by atoms with van der Waals surface area (Å²) >= 11 is 0. The molecule has 3 heterocycles. The van der Waals surface area contributed by atoms with Gasteiger partial charge in [0, 0.05) is 17.6 Å². The highest BCUT2D eigenvalue weighted by Gasteiger charge is 2.41. The van der Waals surface area contributed by atoms with Crippen LogP contribution in [-0.2, 0) is 25.7 Å². The van der Waals surface area contributed by atoms with E-state index in [1.54, 1.807) is 13.0 Å². The number of allylic oxidation sites excluding steroid dienone is 2. The van der Waals surface area contributed by atoms with Gasteiger partial charge in [0.25, 0.3) is 5.91 Å². The maximum Gasteiger partial charge on any atom is 0.255 e. The Bertz CT molecular complexity index is 1120. The Balaban J connectivity index is 1.57. The predicted molar refractivity (Wildman–Crippen MR) is 108 cm³/mol. The van der Waals surface area contributed by atoms with E-state index in [1.165, 1.54) is 4.90 Å². The van der Waals surface area contributed by atoms with E-state index in [0.717, 1.165) is 11.0 Å². The first kappa shape index (κ1) is 19.5. The number of hydrogen-bond donors (Lipinski definition) is 2. The largest absolute Gasteiger partial charge is 0.477 e. The van der Waals surface area contributed by atoms with Crippen LogP contribution in [0.25, 0.3) is 11.0 Å². The summed E-state index contributed by atoms with van der Waals surface area (Å²) < 4.78 is 5.83. The molecule has 30 heavy (non-hydrogen) atoms. The molecule has 0 aliphatic carbocycles. The van der Waals surface area contributed by atoms with Crippen LogP contribution in [0, 0.1) is 12.3 Å². The number of ether oxygens (including phenoxy) is 1. The number of hydrogen-bond acceptors (Lipinski definition) is 5. The summed E-state index contributed by atoms with van der Waals surface area (Å²) in [6.45, 7) is 1.99. The van der Waals surface area contributed by atoms with Gasteiger partial charge in [-0.05, 0) is 31.4 Å². The minimum atomic E-state index is -0.711. The molecule has 2 aliphatic rings. The number of terminal acetylenes is 1. The van der Waals surface area contributed by atoms with E-state index in [9.17, 15) is 14.4 Å². The molecule has 2 N–H and O–H groups in total. The Morgan fingerprint density at radius 3 is 2.87 bits per heavy atom. The van der Waals surface area contributed by atoms with Crippen molar-refractivity contribution in [2.24, 2.45) is 0 Å². The van der Waals surface area contributed by atoms with Crippen molar-refractivity contribution in [3.63, 3.8) is 0 Å². The van der Waals surface area contributed by atoms with Gasteiger partial charge in [-0.1, -0.05) is 18.2 Å². The second kappa shape index (κ2) is 7.87. The fourth-order valence-corrected chi connectivity index (χ4v) is 3.76. The van der Waals surface area contributed by atoms with Gasteiger partial charge in [-0.2, -0.15) is 0 Å². The topological polar surface area (TPSA) is 104 Å². The fourth-order valence-electron chi connectivity index (χ4n) is 3.76. The SMILES string of the molecule is C#CC(OCc1nc2ccccc2[nH]1)=C1CN(C2CCC(=O)NC2=O)C(=O)C1=CC. The Morgan fingerprint density at radius 2 is 2.17 bits per heavy atom. The molecule has 0 saturated carbocycles. The van der Waals surface area contributed by atoms with E-state index < -0.39 is 11.9 Å². The van der Waals surface area contributed by atoms with E-state index in [2.05, 4.69) is 21.2 Å². The summed E-state index contributed by atoms with van der Waals surface area (Å²) in [5.41, 5.74) is 2.66. The first-order chi connectivity index (χ1) is 14.5. The first-order valence-electron chi connectivity index (χ1n) is 9.59. The molecule has 0 radical (unpaired) electrons. The Kier molecular flexibility index (Phi) is 5.11. The monoisotopic (exact) mass is 404 g/mol. The zero-order valence-electron chi connectivity index (χ0n) is 16.4. The number of piperidine rings is 1. The maximum atomic E-state index is 12.9. The van der Waals surface area contributed by atoms with Gasteiger partial charge < -0.3 is 14.6 Å². The second-order valence-electron chi connectivity index (χ2n) is 7.04. The van der Waals surface area contributed by atoms with E-state index in [4.69, 9.17) is 11.2 Å². The Hall–Kier alpha value is -3.86. The number of aromatic nitrogens is 2. The van der Waals surface area contributed by atoms with Crippen molar-refractivity contribution in [3.05, 3.63) is 53.1 Å². The van der Waals surface area contributed by atoms with Crippen LogP contribution in [0.2, 0.25) is 0 Å². The van der Waals surface area contributed by atoms with Crippen molar-refractivity contribution in [3.8, 4) is 12.3 Å². The predicted octanol–water partition coefficient (Wildman–Crippen LogP) is 1.56. The summed E-state index contributed by atoms with van der Waals surface area (Å²) in [6, 6.07) is 6.90. The highest BCUT2D eigenvalue weighted by molar-refractivity contribution is 6.07. The number of amides is 3. The molecule has 2 fully saturated rings. The number of rotatable bonds is 4. The number of imidazole rings is 1. The van der Waals surface area contributed by atoms with Gasteiger partial charge >= 0.3 is 0 Å². The lowest BCUT2D eigenvalue weighted by molar-refractivity contribution is -0.142. The molecule has 1 unspecified atom stereocenters. The van der Waals surface area contributed by atoms with Crippen LogP contribution in [0.1, 0.15) is 25.6 Å². The van der Waals surface area contributed by atoms with E-state index >= 15 is 0 Å². The standard InChI is InChI=1S/C22H20N4O4/c1-3-13-14(11-26(22(13)29)17-9-10-20(27)25-21(17)28)18(4-2)30-12-19-23-15-7-5-6-8-16(15)24-19/h2-3,5-8,17H,9-12H2,1H3,(H,23,24)(H,25,27,28). The van der Waals surface area contributed by atoms with Gasteiger partial charge in [-0.3, -0.25) is 19.7 Å². The van der Waals surface area contributed by atoms with Crippen molar-refractivity contribution in [1.29, 1.82) is 0 Å². The van der Waals surface area contributed by atoms with Gasteiger partial charge in [0.15, 0.2) is 5.76 Å². The first-order valence-corrected chi connectivity index (χ1v) is 9.59. The lowest BCUT2D eigenvalue weighted by Crippen LogP contribution is -2.52. The van der Waals surface area contributed by atoms with E-state index in [0.29, 0.717) is 17.0 Å². The number of imide groups is 1. The number of nitrogens with zero attached hydrogens (tertiary/aromatic N) is 2. The number of benzene rings is 1. The van der Waals surface area contributed by atoms with Gasteiger partial charge in [-0.25, -0.2) is 4.98 Å². The molecule has 0 spiro atoms. The molecule has 1 atom stereocenters. The summed E-state index contributed by atoms with van der Waals surface area (Å²) in [6.07, 6.45) is 7.81.